The first-order valence-corrected chi connectivity index (χ1v) is 17.5. The van der Waals surface area contributed by atoms with Crippen LogP contribution in [0.25, 0.3) is 10.8 Å². The van der Waals surface area contributed by atoms with Gasteiger partial charge in [0, 0.05) is 10.8 Å². The van der Waals surface area contributed by atoms with Gasteiger partial charge in [0.15, 0.2) is 9.84 Å². The van der Waals surface area contributed by atoms with Gasteiger partial charge in [-0.2, -0.15) is 30.4 Å². The zero-order valence-electron chi connectivity index (χ0n) is 22.0. The minimum absolute atomic E-state index is 0.0158. The van der Waals surface area contributed by atoms with Crippen LogP contribution < -0.4 is 5.32 Å². The van der Waals surface area contributed by atoms with E-state index in [0.29, 0.717) is 16.5 Å². The summed E-state index contributed by atoms with van der Waals surface area (Å²) in [6.45, 7) is 3.59. The molecule has 3 rings (SSSR count). The van der Waals surface area contributed by atoms with Gasteiger partial charge in [-0.1, -0.05) is 0 Å². The Bertz CT molecular complexity index is 2040. The second kappa shape index (κ2) is 11.8. The van der Waals surface area contributed by atoms with Gasteiger partial charge in [0.05, 0.1) is 28.6 Å². The zero-order valence-corrected chi connectivity index (χ0v) is 25.3. The highest BCUT2D eigenvalue weighted by Crippen LogP contribution is 2.41. The van der Waals surface area contributed by atoms with Crippen LogP contribution in [0.3, 0.4) is 0 Å². The van der Waals surface area contributed by atoms with Crippen molar-refractivity contribution in [3.05, 3.63) is 47.0 Å². The maximum Gasteiger partial charge on any atom is 0.397 e. The maximum atomic E-state index is 12.9. The number of benzene rings is 3. The van der Waals surface area contributed by atoms with E-state index in [1.807, 2.05) is 0 Å². The standard InChI is InChI=1S/C22H25N3O13S4/c1-12-8-16-15(22(26)14(12)3)4-5-17(23-11-40(29,30)31)21(16)25-24-18-10-19(20(9-13(18)2)41(32,33)34)39(27,28)7-6-38-42(35,36)37/h4-5,8-10,23,26H,6-7,11H2,1-3H3,(H,29,30,31)(H,32,33,34)(H,35,36,37). The number of nitrogens with zero attached hydrogens (tertiary/aromatic N) is 2. The van der Waals surface area contributed by atoms with Gasteiger partial charge in [-0.25, -0.2) is 12.6 Å². The lowest BCUT2D eigenvalue weighted by atomic mass is 9.99. The first-order valence-electron chi connectivity index (χ1n) is 11.4. The topological polar surface area (TPSA) is 263 Å². The van der Waals surface area contributed by atoms with E-state index in [4.69, 9.17) is 4.55 Å². The molecule has 5 N–H and O–H groups in total. The van der Waals surface area contributed by atoms with Crippen molar-refractivity contribution in [2.75, 3.05) is 23.6 Å². The lowest BCUT2D eigenvalue weighted by Crippen LogP contribution is -2.18. The molecule has 16 nitrogen and oxygen atoms in total. The quantitative estimate of drug-likeness (QED) is 0.145. The van der Waals surface area contributed by atoms with E-state index in [0.717, 1.165) is 12.1 Å². The number of sulfone groups is 1. The Hall–Kier alpha value is -3.24. The molecule has 0 saturated carbocycles. The summed E-state index contributed by atoms with van der Waals surface area (Å²) in [6, 6.07) is 5.99. The van der Waals surface area contributed by atoms with Gasteiger partial charge >= 0.3 is 10.4 Å². The molecule has 0 heterocycles. The van der Waals surface area contributed by atoms with Gasteiger partial charge in [0.2, 0.25) is 0 Å². The van der Waals surface area contributed by atoms with Gasteiger partial charge in [-0.3, -0.25) is 13.7 Å². The number of nitrogens with one attached hydrogen (secondary N) is 1. The van der Waals surface area contributed by atoms with Gasteiger partial charge in [0.1, 0.15) is 22.2 Å². The SMILES string of the molecule is Cc1cc(S(=O)(=O)O)c(S(=O)(=O)CCOS(=O)(=O)O)cc1N=Nc1c(NCS(=O)(=O)O)ccc2c(O)c(C)c(C)cc12. The summed E-state index contributed by atoms with van der Waals surface area (Å²) in [5, 5.41) is 21.9. The minimum Gasteiger partial charge on any atom is -0.507 e. The highest BCUT2D eigenvalue weighted by atomic mass is 32.3. The molecule has 3 aromatic carbocycles. The lowest BCUT2D eigenvalue weighted by molar-refractivity contribution is 0.283. The van der Waals surface area contributed by atoms with Crippen molar-refractivity contribution >= 4 is 68.3 Å². The van der Waals surface area contributed by atoms with Crippen molar-refractivity contribution in [3.63, 3.8) is 0 Å². The number of phenols is 1. The molecule has 0 saturated heterocycles. The molecular formula is C22H25N3O13S4. The van der Waals surface area contributed by atoms with Crippen LogP contribution >= 0.6 is 0 Å². The Kier molecular flexibility index (Phi) is 9.35. The normalized spacial score (nSPS) is 13.2. The average Bonchev–Trinajstić information content (AvgIpc) is 2.83. The van der Waals surface area contributed by atoms with E-state index in [9.17, 15) is 47.9 Å². The third-order valence-corrected chi connectivity index (χ3v) is 9.65. The summed E-state index contributed by atoms with van der Waals surface area (Å²) in [7, 11) is -19.3. The zero-order chi connectivity index (χ0) is 31.8. The van der Waals surface area contributed by atoms with Gasteiger partial charge in [0.25, 0.3) is 20.2 Å². The van der Waals surface area contributed by atoms with Gasteiger partial charge < -0.3 is 10.4 Å². The third kappa shape index (κ3) is 7.98. The molecule has 0 atom stereocenters. The molecule has 0 radical (unpaired) electrons. The molecule has 0 aromatic heterocycles. The van der Waals surface area contributed by atoms with Crippen LogP contribution in [0.1, 0.15) is 16.7 Å². The number of phenolic OH excluding ortho intramolecular Hbond substituents is 1. The molecular weight excluding hydrogens is 643 g/mol. The van der Waals surface area contributed by atoms with Crippen LogP contribution in [-0.4, -0.2) is 70.7 Å². The summed E-state index contributed by atoms with van der Waals surface area (Å²) in [5.74, 6) is -2.15. The molecule has 0 fully saturated rings. The van der Waals surface area contributed by atoms with Crippen molar-refractivity contribution in [2.24, 2.45) is 10.2 Å². The number of aromatic hydroxyl groups is 1. The number of rotatable bonds is 11. The summed E-state index contributed by atoms with van der Waals surface area (Å²) in [6.07, 6.45) is 0. The third-order valence-electron chi connectivity index (χ3n) is 5.94. The fourth-order valence-corrected chi connectivity index (χ4v) is 7.01. The molecule has 0 spiro atoms. The molecule has 0 aliphatic carbocycles. The Balaban J connectivity index is 2.24. The monoisotopic (exact) mass is 667 g/mol. The lowest BCUT2D eigenvalue weighted by Gasteiger charge is -2.14. The molecule has 0 aliphatic heterocycles. The molecule has 230 valence electrons. The number of azo groups is 1. The van der Waals surface area contributed by atoms with Crippen LogP contribution in [0.15, 0.2) is 50.4 Å². The number of anilines is 1. The van der Waals surface area contributed by atoms with Crippen molar-refractivity contribution in [2.45, 2.75) is 30.6 Å². The van der Waals surface area contributed by atoms with E-state index in [-0.39, 0.29) is 33.8 Å². The number of fused-ring (bicyclic) bond motifs is 1. The molecule has 3 aromatic rings. The fraction of sp³-hybridized carbons (Fsp3) is 0.273. The first-order chi connectivity index (χ1) is 19.1. The first kappa shape index (κ1) is 33.3. The fourth-order valence-electron chi connectivity index (χ4n) is 3.76. The van der Waals surface area contributed by atoms with Crippen LogP contribution in [-0.2, 0) is 44.7 Å². The van der Waals surface area contributed by atoms with E-state index in [1.54, 1.807) is 19.9 Å². The highest BCUT2D eigenvalue weighted by Gasteiger charge is 2.28. The number of aryl methyl sites for hydroxylation is 2. The predicted octanol–water partition coefficient (Wildman–Crippen LogP) is 2.98. The van der Waals surface area contributed by atoms with Crippen molar-refractivity contribution < 1.29 is 56.6 Å². The molecule has 20 heteroatoms. The summed E-state index contributed by atoms with van der Waals surface area (Å²) >= 11 is 0. The van der Waals surface area contributed by atoms with Gasteiger partial charge in [-0.05, 0) is 67.8 Å². The molecule has 0 amide bonds. The number of hydrogen-bond acceptors (Lipinski definition) is 13. The van der Waals surface area contributed by atoms with Crippen LogP contribution in [0, 0.1) is 20.8 Å². The Morgan fingerprint density at radius 2 is 1.45 bits per heavy atom. The smallest absolute Gasteiger partial charge is 0.397 e. The predicted molar refractivity (Wildman–Crippen MR) is 150 cm³/mol. The van der Waals surface area contributed by atoms with E-state index in [2.05, 4.69) is 19.7 Å². The second-order valence-corrected chi connectivity index (χ2v) is 15.0. The van der Waals surface area contributed by atoms with E-state index < -0.39 is 68.5 Å². The van der Waals surface area contributed by atoms with Crippen molar-refractivity contribution in [3.8, 4) is 5.75 Å². The Morgan fingerprint density at radius 3 is 2.02 bits per heavy atom. The average molecular weight is 668 g/mol. The van der Waals surface area contributed by atoms with Crippen LogP contribution in [0.4, 0.5) is 17.1 Å². The van der Waals surface area contributed by atoms with Crippen LogP contribution in [0.5, 0.6) is 5.75 Å². The minimum atomic E-state index is -5.13. The Labute approximate surface area is 241 Å². The molecule has 0 unspecified atom stereocenters. The number of hydrogen-bond donors (Lipinski definition) is 5. The summed E-state index contributed by atoms with van der Waals surface area (Å²) < 4.78 is 126. The summed E-state index contributed by atoms with van der Waals surface area (Å²) in [4.78, 5) is -2.02. The molecule has 42 heavy (non-hydrogen) atoms. The highest BCUT2D eigenvalue weighted by molar-refractivity contribution is 7.92. The van der Waals surface area contributed by atoms with E-state index in [1.165, 1.54) is 19.1 Å². The Morgan fingerprint density at radius 1 is 0.810 bits per heavy atom. The van der Waals surface area contributed by atoms with Crippen LogP contribution in [0.2, 0.25) is 0 Å². The van der Waals surface area contributed by atoms with Gasteiger partial charge in [-0.15, -0.1) is 5.11 Å². The molecule has 0 aliphatic rings. The summed E-state index contributed by atoms with van der Waals surface area (Å²) in [5.41, 5.74) is 0.947. The largest absolute Gasteiger partial charge is 0.507 e. The molecule has 0 bridgehead atoms. The maximum absolute atomic E-state index is 12.9. The van der Waals surface area contributed by atoms with Crippen molar-refractivity contribution in [1.29, 1.82) is 0 Å². The second-order valence-electron chi connectivity index (χ2n) is 8.96. The van der Waals surface area contributed by atoms with Crippen molar-refractivity contribution in [1.82, 2.24) is 0 Å². The van der Waals surface area contributed by atoms with E-state index >= 15 is 0 Å².